The molecule has 0 radical (unpaired) electrons. The number of hydrogen-bond donors (Lipinski definition) is 2. The molecule has 6 heteroatoms. The Morgan fingerprint density at radius 2 is 2.25 bits per heavy atom. The van der Waals surface area contributed by atoms with E-state index in [0.717, 1.165) is 42.3 Å². The summed E-state index contributed by atoms with van der Waals surface area (Å²) in [6.07, 6.45) is 1.51. The number of aliphatic imine (C=N–C) groups is 1. The molecule has 1 saturated heterocycles. The van der Waals surface area contributed by atoms with E-state index in [1.165, 1.54) is 0 Å². The Morgan fingerprint density at radius 3 is 2.92 bits per heavy atom. The molecule has 1 atom stereocenters. The summed E-state index contributed by atoms with van der Waals surface area (Å²) in [5.41, 5.74) is 2.25. The maximum atomic E-state index is 11.8. The van der Waals surface area contributed by atoms with E-state index in [1.807, 2.05) is 24.8 Å². The van der Waals surface area contributed by atoms with Gasteiger partial charge in [0.25, 0.3) is 0 Å². The second-order valence-corrected chi connectivity index (χ2v) is 6.05. The molecule has 24 heavy (non-hydrogen) atoms. The van der Waals surface area contributed by atoms with Gasteiger partial charge in [0, 0.05) is 39.1 Å². The molecular weight excluding hydrogens is 304 g/mol. The van der Waals surface area contributed by atoms with Crippen LogP contribution in [0.2, 0.25) is 0 Å². The molecule has 1 aliphatic heterocycles. The Labute approximate surface area is 144 Å². The largest absolute Gasteiger partial charge is 0.496 e. The van der Waals surface area contributed by atoms with Crippen molar-refractivity contribution in [2.45, 2.75) is 39.3 Å². The first kappa shape index (κ1) is 18.1. The van der Waals surface area contributed by atoms with E-state index in [0.29, 0.717) is 13.0 Å². The second kappa shape index (κ2) is 8.57. The average Bonchev–Trinajstić information content (AvgIpc) is 3.07. The summed E-state index contributed by atoms with van der Waals surface area (Å²) >= 11 is 0. The van der Waals surface area contributed by atoms with Crippen molar-refractivity contribution >= 4 is 11.9 Å². The normalized spacial score (nSPS) is 17.8. The molecule has 0 spiro atoms. The Balaban J connectivity index is 1.86. The maximum Gasteiger partial charge on any atom is 0.222 e. The van der Waals surface area contributed by atoms with Gasteiger partial charge < -0.3 is 20.3 Å². The first-order chi connectivity index (χ1) is 11.6. The minimum absolute atomic E-state index is 0.217. The van der Waals surface area contributed by atoms with E-state index in [-0.39, 0.29) is 11.9 Å². The van der Waals surface area contributed by atoms with E-state index in [1.54, 1.807) is 14.2 Å². The molecule has 132 valence electrons. The van der Waals surface area contributed by atoms with E-state index >= 15 is 0 Å². The SMILES string of the molecule is CCC(=O)N1CCC(NC(=NC)NCc2ccc(C)c(OC)c2)C1. The zero-order valence-corrected chi connectivity index (χ0v) is 15.1. The van der Waals surface area contributed by atoms with Crippen molar-refractivity contribution < 1.29 is 9.53 Å². The number of ether oxygens (including phenoxy) is 1. The molecule has 1 unspecified atom stereocenters. The van der Waals surface area contributed by atoms with Crippen molar-refractivity contribution in [2.75, 3.05) is 27.2 Å². The Morgan fingerprint density at radius 1 is 1.46 bits per heavy atom. The summed E-state index contributed by atoms with van der Waals surface area (Å²) in [6, 6.07) is 6.42. The van der Waals surface area contributed by atoms with Crippen molar-refractivity contribution in [2.24, 2.45) is 4.99 Å². The highest BCUT2D eigenvalue weighted by Gasteiger charge is 2.25. The van der Waals surface area contributed by atoms with Gasteiger partial charge >= 0.3 is 0 Å². The maximum absolute atomic E-state index is 11.8. The summed E-state index contributed by atoms with van der Waals surface area (Å²) < 4.78 is 5.36. The lowest BCUT2D eigenvalue weighted by molar-refractivity contribution is -0.129. The molecule has 1 fully saturated rings. The number of hydrogen-bond acceptors (Lipinski definition) is 3. The summed E-state index contributed by atoms with van der Waals surface area (Å²) in [5, 5.41) is 6.72. The Bertz CT molecular complexity index is 601. The lowest BCUT2D eigenvalue weighted by Crippen LogP contribution is -2.44. The third-order valence-corrected chi connectivity index (χ3v) is 4.34. The Hall–Kier alpha value is -2.24. The predicted molar refractivity (Wildman–Crippen MR) is 96.3 cm³/mol. The monoisotopic (exact) mass is 332 g/mol. The van der Waals surface area contributed by atoms with Gasteiger partial charge in [-0.25, -0.2) is 0 Å². The average molecular weight is 332 g/mol. The fourth-order valence-corrected chi connectivity index (χ4v) is 2.88. The number of guanidine groups is 1. The molecule has 1 aromatic rings. The summed E-state index contributed by atoms with van der Waals surface area (Å²) in [6.45, 7) is 6.16. The quantitative estimate of drug-likeness (QED) is 0.636. The van der Waals surface area contributed by atoms with Gasteiger partial charge in [-0.15, -0.1) is 0 Å². The van der Waals surface area contributed by atoms with Crippen molar-refractivity contribution in [1.29, 1.82) is 0 Å². The standard InChI is InChI=1S/C18H28N4O2/c1-5-17(23)22-9-8-15(12-22)21-18(19-3)20-11-14-7-6-13(2)16(10-14)24-4/h6-7,10,15H,5,8-9,11-12H2,1-4H3,(H2,19,20,21). The molecule has 6 nitrogen and oxygen atoms in total. The highest BCUT2D eigenvalue weighted by atomic mass is 16.5. The number of carbonyl (C=O) groups is 1. The molecule has 1 amide bonds. The summed E-state index contributed by atoms with van der Waals surface area (Å²) in [5.74, 6) is 1.86. The third-order valence-electron chi connectivity index (χ3n) is 4.34. The summed E-state index contributed by atoms with van der Waals surface area (Å²) in [7, 11) is 3.44. The molecular formula is C18H28N4O2. The highest BCUT2D eigenvalue weighted by Crippen LogP contribution is 2.18. The molecule has 2 N–H and O–H groups in total. The number of amides is 1. The molecule has 0 saturated carbocycles. The first-order valence-electron chi connectivity index (χ1n) is 8.45. The number of methoxy groups -OCH3 is 1. The van der Waals surface area contributed by atoms with E-state index in [2.05, 4.69) is 27.8 Å². The van der Waals surface area contributed by atoms with Crippen LogP contribution in [-0.2, 0) is 11.3 Å². The zero-order valence-electron chi connectivity index (χ0n) is 15.1. The van der Waals surface area contributed by atoms with Crippen LogP contribution in [-0.4, -0.2) is 50.1 Å². The number of benzene rings is 1. The van der Waals surface area contributed by atoms with Gasteiger partial charge in [0.15, 0.2) is 5.96 Å². The molecule has 2 rings (SSSR count). The van der Waals surface area contributed by atoms with Gasteiger partial charge in [-0.3, -0.25) is 9.79 Å². The van der Waals surface area contributed by atoms with Crippen LogP contribution in [0.1, 0.15) is 30.9 Å². The summed E-state index contributed by atoms with van der Waals surface area (Å²) in [4.78, 5) is 17.9. The van der Waals surface area contributed by atoms with E-state index in [9.17, 15) is 4.79 Å². The number of nitrogens with zero attached hydrogens (tertiary/aromatic N) is 2. The molecule has 1 aromatic carbocycles. The fraction of sp³-hybridized carbons (Fsp3) is 0.556. The van der Waals surface area contributed by atoms with Crippen LogP contribution in [0.25, 0.3) is 0 Å². The molecule has 0 aromatic heterocycles. The molecule has 1 heterocycles. The van der Waals surface area contributed by atoms with Crippen molar-refractivity contribution in [3.05, 3.63) is 29.3 Å². The van der Waals surface area contributed by atoms with Crippen molar-refractivity contribution in [3.63, 3.8) is 0 Å². The van der Waals surface area contributed by atoms with Gasteiger partial charge in [-0.1, -0.05) is 19.1 Å². The molecule has 0 aliphatic carbocycles. The van der Waals surface area contributed by atoms with Crippen LogP contribution in [0, 0.1) is 6.92 Å². The van der Waals surface area contributed by atoms with E-state index in [4.69, 9.17) is 4.74 Å². The van der Waals surface area contributed by atoms with Crippen molar-refractivity contribution in [1.82, 2.24) is 15.5 Å². The number of carbonyl (C=O) groups excluding carboxylic acids is 1. The van der Waals surface area contributed by atoms with Crippen LogP contribution < -0.4 is 15.4 Å². The van der Waals surface area contributed by atoms with Gasteiger partial charge in [-0.05, 0) is 30.5 Å². The fourth-order valence-electron chi connectivity index (χ4n) is 2.88. The first-order valence-corrected chi connectivity index (χ1v) is 8.45. The highest BCUT2D eigenvalue weighted by molar-refractivity contribution is 5.80. The number of nitrogens with one attached hydrogen (secondary N) is 2. The lowest BCUT2D eigenvalue weighted by Gasteiger charge is -2.19. The van der Waals surface area contributed by atoms with Crippen LogP contribution in [0.3, 0.4) is 0 Å². The van der Waals surface area contributed by atoms with Gasteiger partial charge in [-0.2, -0.15) is 0 Å². The van der Waals surface area contributed by atoms with Crippen LogP contribution in [0.4, 0.5) is 0 Å². The van der Waals surface area contributed by atoms with Crippen LogP contribution >= 0.6 is 0 Å². The van der Waals surface area contributed by atoms with Gasteiger partial charge in [0.1, 0.15) is 5.75 Å². The molecule has 1 aliphatic rings. The number of aryl methyl sites for hydroxylation is 1. The number of likely N-dealkylation sites (tertiary alicyclic amines) is 1. The Kier molecular flexibility index (Phi) is 6.46. The second-order valence-electron chi connectivity index (χ2n) is 6.05. The topological polar surface area (TPSA) is 66.0 Å². The van der Waals surface area contributed by atoms with E-state index < -0.39 is 0 Å². The lowest BCUT2D eigenvalue weighted by atomic mass is 10.1. The minimum Gasteiger partial charge on any atom is -0.496 e. The van der Waals surface area contributed by atoms with Crippen LogP contribution in [0.15, 0.2) is 23.2 Å². The van der Waals surface area contributed by atoms with Crippen molar-refractivity contribution in [3.8, 4) is 5.75 Å². The third kappa shape index (κ3) is 4.63. The predicted octanol–water partition coefficient (Wildman–Crippen LogP) is 1.68. The van der Waals surface area contributed by atoms with Gasteiger partial charge in [0.05, 0.1) is 7.11 Å². The van der Waals surface area contributed by atoms with Crippen LogP contribution in [0.5, 0.6) is 5.75 Å². The minimum atomic E-state index is 0.217. The zero-order chi connectivity index (χ0) is 17.5. The molecule has 0 bridgehead atoms. The smallest absolute Gasteiger partial charge is 0.222 e. The van der Waals surface area contributed by atoms with Gasteiger partial charge in [0.2, 0.25) is 5.91 Å². The number of rotatable bonds is 5.